The number of benzene rings is 4. The Morgan fingerprint density at radius 3 is 2.13 bits per heavy atom. The number of carbonyl (C=O) groups excluding carboxylic acids is 2. The maximum atomic E-state index is 12.8. The van der Waals surface area contributed by atoms with E-state index < -0.39 is 0 Å². The van der Waals surface area contributed by atoms with E-state index in [1.807, 2.05) is 60.9 Å². The highest BCUT2D eigenvalue weighted by molar-refractivity contribution is 5.89. The molecule has 0 saturated heterocycles. The Balaban J connectivity index is 0.000000451. The fraction of sp³-hybridized carbons (Fsp3) is 0.244. The van der Waals surface area contributed by atoms with Crippen LogP contribution >= 0.6 is 0 Å². The molecule has 264 valence electrons. The van der Waals surface area contributed by atoms with E-state index in [9.17, 15) is 9.59 Å². The average Bonchev–Trinajstić information content (AvgIpc) is 3.61. The number of imidazole rings is 1. The molecule has 11 nitrogen and oxygen atoms in total. The lowest BCUT2D eigenvalue weighted by Gasteiger charge is -2.32. The zero-order valence-electron chi connectivity index (χ0n) is 29.4. The molecule has 2 atom stereocenters. The lowest BCUT2D eigenvalue weighted by atomic mass is 9.90. The number of para-hydroxylation sites is 2. The molecule has 1 aliphatic carbocycles. The lowest BCUT2D eigenvalue weighted by Crippen LogP contribution is -2.50. The number of isocyanates is 1. The van der Waals surface area contributed by atoms with E-state index in [1.165, 1.54) is 17.2 Å². The molecule has 7 rings (SSSR count). The minimum Gasteiger partial charge on any atom is -0.364 e. The monoisotopic (exact) mass is 693 g/mol. The van der Waals surface area contributed by atoms with Crippen molar-refractivity contribution in [1.29, 1.82) is 0 Å². The predicted octanol–water partition coefficient (Wildman–Crippen LogP) is 8.89. The Morgan fingerprint density at radius 1 is 0.827 bits per heavy atom. The van der Waals surface area contributed by atoms with Crippen LogP contribution in [0.2, 0.25) is 0 Å². The van der Waals surface area contributed by atoms with E-state index in [4.69, 9.17) is 9.97 Å². The quantitative estimate of drug-likeness (QED) is 0.0831. The van der Waals surface area contributed by atoms with Crippen molar-refractivity contribution in [2.45, 2.75) is 64.2 Å². The highest BCUT2D eigenvalue weighted by Gasteiger charge is 2.28. The Kier molecular flexibility index (Phi) is 12.0. The van der Waals surface area contributed by atoms with Crippen LogP contribution in [0, 0.1) is 0 Å². The predicted molar refractivity (Wildman–Crippen MR) is 207 cm³/mol. The van der Waals surface area contributed by atoms with E-state index in [0.29, 0.717) is 24.0 Å². The van der Waals surface area contributed by atoms with Crippen LogP contribution in [0.4, 0.5) is 27.9 Å². The van der Waals surface area contributed by atoms with Gasteiger partial charge in [0.05, 0.1) is 18.1 Å². The minimum atomic E-state index is -0.209. The van der Waals surface area contributed by atoms with Gasteiger partial charge < -0.3 is 25.8 Å². The van der Waals surface area contributed by atoms with Crippen LogP contribution < -0.4 is 21.3 Å². The largest absolute Gasteiger partial charge is 0.364 e. The molecule has 0 aliphatic heterocycles. The maximum absolute atomic E-state index is 12.8. The first kappa shape index (κ1) is 35.5. The molecule has 4 N–H and O–H groups in total. The van der Waals surface area contributed by atoms with Crippen LogP contribution in [-0.2, 0) is 11.3 Å². The van der Waals surface area contributed by atoms with Crippen molar-refractivity contribution in [1.82, 2.24) is 24.8 Å². The molecular weight excluding hydrogens is 651 g/mol. The molecule has 4 aromatic carbocycles. The molecule has 0 spiro atoms. The van der Waals surface area contributed by atoms with Crippen molar-refractivity contribution >= 4 is 46.4 Å². The molecular formula is C41H43N9O2. The highest BCUT2D eigenvalue weighted by Crippen LogP contribution is 2.27. The van der Waals surface area contributed by atoms with E-state index in [0.717, 1.165) is 48.1 Å². The summed E-state index contributed by atoms with van der Waals surface area (Å²) in [6.07, 6.45) is 7.22. The summed E-state index contributed by atoms with van der Waals surface area (Å²) in [5.41, 5.74) is 6.45. The Hall–Kier alpha value is -6.32. The number of nitrogens with one attached hydrogen (secondary N) is 4. The summed E-state index contributed by atoms with van der Waals surface area (Å²) in [6, 6.07) is 37.3. The average molecular weight is 694 g/mol. The first-order chi connectivity index (χ1) is 25.5. The Labute approximate surface area is 303 Å². The highest BCUT2D eigenvalue weighted by atomic mass is 16.2. The number of nitrogens with zero attached hydrogens (tertiary/aromatic N) is 5. The number of fused-ring (bicyclic) bond motifs is 1. The SMILES string of the molecule is CC(C)n1cnc2c(NCc3ccc(-c4ccccc4)cc3)nc(N[C@H]3CCCC[C@H]3NC(=O)Nc3ccccc3)nc21.O=C=Nc1ccccc1. The van der Waals surface area contributed by atoms with Gasteiger partial charge in [0.25, 0.3) is 0 Å². The molecule has 6 aromatic rings. The Morgan fingerprint density at radius 2 is 1.46 bits per heavy atom. The molecule has 1 saturated carbocycles. The number of carbonyl (C=O) groups is 1. The van der Waals surface area contributed by atoms with E-state index in [1.54, 1.807) is 12.1 Å². The topological polar surface area (TPSA) is 138 Å². The van der Waals surface area contributed by atoms with Crippen molar-refractivity contribution in [2.75, 3.05) is 16.0 Å². The van der Waals surface area contributed by atoms with Gasteiger partial charge in [0.2, 0.25) is 12.0 Å². The second kappa shape index (κ2) is 17.6. The van der Waals surface area contributed by atoms with Gasteiger partial charge in [-0.3, -0.25) is 0 Å². The number of aromatic nitrogens is 4. The van der Waals surface area contributed by atoms with Gasteiger partial charge in [0.1, 0.15) is 0 Å². The summed E-state index contributed by atoms with van der Waals surface area (Å²) in [4.78, 5) is 40.4. The zero-order chi connectivity index (χ0) is 36.1. The molecule has 0 unspecified atom stereocenters. The normalized spacial score (nSPS) is 15.1. The third-order valence-electron chi connectivity index (χ3n) is 8.86. The molecule has 2 amide bonds. The minimum absolute atomic E-state index is 0.00141. The molecule has 1 fully saturated rings. The fourth-order valence-electron chi connectivity index (χ4n) is 6.17. The first-order valence-electron chi connectivity index (χ1n) is 17.6. The van der Waals surface area contributed by atoms with Crippen LogP contribution in [0.5, 0.6) is 0 Å². The molecule has 2 aromatic heterocycles. The van der Waals surface area contributed by atoms with Gasteiger partial charge in [-0.15, -0.1) is 0 Å². The number of rotatable bonds is 10. The molecule has 2 heterocycles. The van der Waals surface area contributed by atoms with Crippen LogP contribution in [0.15, 0.2) is 127 Å². The van der Waals surface area contributed by atoms with Gasteiger partial charge in [-0.1, -0.05) is 104 Å². The van der Waals surface area contributed by atoms with Gasteiger partial charge in [0.15, 0.2) is 17.0 Å². The summed E-state index contributed by atoms with van der Waals surface area (Å²) in [5, 5.41) is 13.2. The number of hydrogen-bond donors (Lipinski definition) is 4. The van der Waals surface area contributed by atoms with E-state index >= 15 is 0 Å². The van der Waals surface area contributed by atoms with Gasteiger partial charge in [0, 0.05) is 24.3 Å². The van der Waals surface area contributed by atoms with Crippen LogP contribution in [0.1, 0.15) is 51.1 Å². The third-order valence-corrected chi connectivity index (χ3v) is 8.86. The molecule has 1 aliphatic rings. The summed E-state index contributed by atoms with van der Waals surface area (Å²) in [7, 11) is 0. The fourth-order valence-corrected chi connectivity index (χ4v) is 6.17. The van der Waals surface area contributed by atoms with Gasteiger partial charge in [-0.2, -0.15) is 15.0 Å². The number of urea groups is 1. The maximum Gasteiger partial charge on any atom is 0.319 e. The number of hydrogen-bond acceptors (Lipinski definition) is 8. The number of aliphatic imine (C=N–C) groups is 1. The van der Waals surface area contributed by atoms with Crippen molar-refractivity contribution in [2.24, 2.45) is 4.99 Å². The number of anilines is 3. The van der Waals surface area contributed by atoms with Crippen LogP contribution in [-0.4, -0.2) is 43.7 Å². The summed E-state index contributed by atoms with van der Waals surface area (Å²) >= 11 is 0. The van der Waals surface area contributed by atoms with Crippen molar-refractivity contribution in [3.05, 3.63) is 127 Å². The van der Waals surface area contributed by atoms with Gasteiger partial charge in [-0.25, -0.2) is 14.6 Å². The third kappa shape index (κ3) is 9.47. The summed E-state index contributed by atoms with van der Waals surface area (Å²) in [5.74, 6) is 1.21. The second-order valence-electron chi connectivity index (χ2n) is 12.9. The van der Waals surface area contributed by atoms with Crippen LogP contribution in [0.25, 0.3) is 22.3 Å². The van der Waals surface area contributed by atoms with Crippen molar-refractivity contribution in [3.63, 3.8) is 0 Å². The van der Waals surface area contributed by atoms with Gasteiger partial charge >= 0.3 is 6.03 Å². The Bertz CT molecular complexity index is 2080. The van der Waals surface area contributed by atoms with Crippen molar-refractivity contribution in [3.8, 4) is 11.1 Å². The molecule has 11 heteroatoms. The zero-order valence-corrected chi connectivity index (χ0v) is 29.4. The second-order valence-corrected chi connectivity index (χ2v) is 12.9. The number of amides is 2. The molecule has 0 radical (unpaired) electrons. The van der Waals surface area contributed by atoms with Crippen molar-refractivity contribution < 1.29 is 9.59 Å². The molecule has 52 heavy (non-hydrogen) atoms. The summed E-state index contributed by atoms with van der Waals surface area (Å²) in [6.45, 7) is 4.83. The molecule has 0 bridgehead atoms. The standard InChI is InChI=1S/C34H38N8O.C7H5NO/c1-23(2)42-22-36-30-31(35-21-24-17-19-26(20-18-24)25-11-5-3-6-12-25)40-33(41-32(30)42)38-28-15-9-10-16-29(28)39-34(43)37-27-13-7-4-8-14-27;9-6-8-7-4-2-1-3-5-7/h3-8,11-14,17-20,22-23,28-29H,9-10,15-16,21H2,1-2H3,(H2,37,39,43)(H2,35,38,40,41);1-5H/t28-,29+;/m0./s1. The summed E-state index contributed by atoms with van der Waals surface area (Å²) < 4.78 is 2.06. The van der Waals surface area contributed by atoms with E-state index in [-0.39, 0.29) is 24.2 Å². The first-order valence-corrected chi connectivity index (χ1v) is 17.6. The van der Waals surface area contributed by atoms with Gasteiger partial charge in [-0.05, 0) is 67.6 Å². The smallest absolute Gasteiger partial charge is 0.319 e. The van der Waals surface area contributed by atoms with Crippen LogP contribution in [0.3, 0.4) is 0 Å². The van der Waals surface area contributed by atoms with E-state index in [2.05, 4.69) is 98.2 Å². The lowest BCUT2D eigenvalue weighted by molar-refractivity contribution is 0.242.